The van der Waals surface area contributed by atoms with E-state index < -0.39 is 0 Å². The Morgan fingerprint density at radius 3 is 2.55 bits per heavy atom. The number of aromatic nitrogens is 4. The molecule has 7 heteroatoms. The minimum Gasteiger partial charge on any atom is -0.302 e. The second-order valence-electron chi connectivity index (χ2n) is 10.3. The number of hydrogen-bond donors (Lipinski definition) is 0. The Labute approximate surface area is 208 Å². The van der Waals surface area contributed by atoms with Crippen LogP contribution < -0.4 is 0 Å². The van der Waals surface area contributed by atoms with Crippen molar-refractivity contribution in [2.24, 2.45) is 23.2 Å². The highest BCUT2D eigenvalue weighted by atomic mass is 35.5. The molecule has 4 saturated carbocycles. The summed E-state index contributed by atoms with van der Waals surface area (Å²) in [5.41, 5.74) is 2.50. The average molecular weight is 497 g/mol. The van der Waals surface area contributed by atoms with E-state index in [1.807, 2.05) is 30.3 Å². The summed E-state index contributed by atoms with van der Waals surface area (Å²) in [6, 6.07) is 7.88. The van der Waals surface area contributed by atoms with Crippen molar-refractivity contribution < 1.29 is 0 Å². The van der Waals surface area contributed by atoms with Gasteiger partial charge in [0.1, 0.15) is 10.8 Å². The van der Waals surface area contributed by atoms with Gasteiger partial charge in [-0.05, 0) is 67.8 Å². The summed E-state index contributed by atoms with van der Waals surface area (Å²) in [5, 5.41) is 14.1. The molecule has 0 aliphatic heterocycles. The van der Waals surface area contributed by atoms with E-state index in [2.05, 4.69) is 21.6 Å². The number of halogens is 1. The number of rotatable bonds is 8. The lowest BCUT2D eigenvalue weighted by atomic mass is 9.49. The third kappa shape index (κ3) is 4.30. The van der Waals surface area contributed by atoms with Gasteiger partial charge in [0.05, 0.1) is 10.7 Å². The molecule has 4 fully saturated rings. The number of thiazole rings is 1. The first kappa shape index (κ1) is 21.9. The van der Waals surface area contributed by atoms with Crippen LogP contribution in [0.4, 0.5) is 0 Å². The van der Waals surface area contributed by atoms with Gasteiger partial charge in [-0.1, -0.05) is 47.6 Å². The van der Waals surface area contributed by atoms with E-state index in [9.17, 15) is 0 Å². The molecule has 4 bridgehead atoms. The number of hydrogen-bond acceptors (Lipinski definition) is 5. The molecular formula is C26H29ClN4S2. The van der Waals surface area contributed by atoms with Crippen LogP contribution in [0, 0.1) is 23.2 Å². The fraction of sp³-hybridized carbons (Fsp3) is 0.500. The van der Waals surface area contributed by atoms with Gasteiger partial charge in [0, 0.05) is 29.7 Å². The summed E-state index contributed by atoms with van der Waals surface area (Å²) < 4.78 is 2.29. The fourth-order valence-electron chi connectivity index (χ4n) is 6.98. The highest BCUT2D eigenvalue weighted by Gasteiger charge is 2.51. The van der Waals surface area contributed by atoms with Crippen molar-refractivity contribution in [2.45, 2.75) is 62.4 Å². The maximum atomic E-state index is 6.36. The van der Waals surface area contributed by atoms with Crippen LogP contribution in [0.5, 0.6) is 0 Å². The van der Waals surface area contributed by atoms with Crippen LogP contribution in [-0.4, -0.2) is 19.7 Å². The topological polar surface area (TPSA) is 43.6 Å². The molecule has 2 heterocycles. The molecule has 3 aromatic rings. The second kappa shape index (κ2) is 8.86. The van der Waals surface area contributed by atoms with E-state index in [0.717, 1.165) is 68.7 Å². The maximum Gasteiger partial charge on any atom is 0.191 e. The van der Waals surface area contributed by atoms with Crippen LogP contribution >= 0.6 is 34.7 Å². The molecule has 0 amide bonds. The predicted molar refractivity (Wildman–Crippen MR) is 137 cm³/mol. The molecule has 0 unspecified atom stereocenters. The molecule has 0 radical (unpaired) electrons. The van der Waals surface area contributed by atoms with Crippen LogP contribution in [0.2, 0.25) is 5.02 Å². The van der Waals surface area contributed by atoms with Crippen molar-refractivity contribution in [1.29, 1.82) is 0 Å². The van der Waals surface area contributed by atoms with E-state index in [0.29, 0.717) is 5.41 Å². The van der Waals surface area contributed by atoms with Gasteiger partial charge in [-0.2, -0.15) is 0 Å². The van der Waals surface area contributed by atoms with Gasteiger partial charge < -0.3 is 4.57 Å². The number of benzene rings is 1. The van der Waals surface area contributed by atoms with Gasteiger partial charge >= 0.3 is 0 Å². The maximum absolute atomic E-state index is 6.36. The van der Waals surface area contributed by atoms with Crippen LogP contribution in [0.3, 0.4) is 0 Å². The van der Waals surface area contributed by atoms with Gasteiger partial charge in [0.15, 0.2) is 5.16 Å². The first-order valence-electron chi connectivity index (χ1n) is 12.0. The lowest BCUT2D eigenvalue weighted by Gasteiger charge is -2.56. The zero-order valence-electron chi connectivity index (χ0n) is 18.8. The zero-order valence-corrected chi connectivity index (χ0v) is 21.1. The van der Waals surface area contributed by atoms with Crippen LogP contribution in [0.25, 0.3) is 10.6 Å². The highest BCUT2D eigenvalue weighted by Crippen LogP contribution is 2.61. The van der Waals surface area contributed by atoms with E-state index in [4.69, 9.17) is 21.7 Å². The Bertz CT molecular complexity index is 1130. The predicted octanol–water partition coefficient (Wildman–Crippen LogP) is 7.29. The summed E-state index contributed by atoms with van der Waals surface area (Å²) in [6.07, 6.45) is 11.7. The summed E-state index contributed by atoms with van der Waals surface area (Å²) in [6.45, 7) is 4.76. The molecule has 2 aromatic heterocycles. The van der Waals surface area contributed by atoms with E-state index in [1.165, 1.54) is 38.5 Å². The summed E-state index contributed by atoms with van der Waals surface area (Å²) >= 11 is 9.72. The van der Waals surface area contributed by atoms with E-state index in [-0.39, 0.29) is 0 Å². The lowest BCUT2D eigenvalue weighted by Crippen LogP contribution is -2.47. The molecule has 4 aliphatic rings. The Balaban J connectivity index is 1.18. The van der Waals surface area contributed by atoms with Crippen molar-refractivity contribution in [3.63, 3.8) is 0 Å². The van der Waals surface area contributed by atoms with Crippen molar-refractivity contribution in [1.82, 2.24) is 19.7 Å². The molecule has 0 spiro atoms. The summed E-state index contributed by atoms with van der Waals surface area (Å²) in [5.74, 6) is 4.79. The van der Waals surface area contributed by atoms with Gasteiger partial charge in [0.2, 0.25) is 0 Å². The third-order valence-electron chi connectivity index (χ3n) is 7.81. The van der Waals surface area contributed by atoms with Gasteiger partial charge in [-0.15, -0.1) is 28.1 Å². The molecular weight excluding hydrogens is 468 g/mol. The molecule has 4 aliphatic carbocycles. The molecule has 0 atom stereocenters. The van der Waals surface area contributed by atoms with Crippen molar-refractivity contribution in [3.05, 3.63) is 58.8 Å². The minimum atomic E-state index is 0.460. The van der Waals surface area contributed by atoms with Crippen LogP contribution in [-0.2, 0) is 18.7 Å². The largest absolute Gasteiger partial charge is 0.302 e. The number of nitrogens with zero attached hydrogens (tertiary/aromatic N) is 4. The first-order valence-corrected chi connectivity index (χ1v) is 14.2. The lowest BCUT2D eigenvalue weighted by molar-refractivity contribution is -0.0535. The molecule has 7 rings (SSSR count). The quantitative estimate of drug-likeness (QED) is 0.242. The highest BCUT2D eigenvalue weighted by molar-refractivity contribution is 7.98. The molecule has 172 valence electrons. The molecule has 4 nitrogen and oxygen atoms in total. The van der Waals surface area contributed by atoms with E-state index in [1.54, 1.807) is 23.1 Å². The normalized spacial score (nSPS) is 27.8. The Morgan fingerprint density at radius 2 is 1.85 bits per heavy atom. The second-order valence-corrected chi connectivity index (χ2v) is 12.5. The first-order chi connectivity index (χ1) is 16.1. The SMILES string of the molecule is C=CCn1c(CC23CC4CC(CC(C4)C2)C3)nnc1SCc1csc(-c2ccccc2Cl)n1. The van der Waals surface area contributed by atoms with Gasteiger partial charge in [0.25, 0.3) is 0 Å². The summed E-state index contributed by atoms with van der Waals surface area (Å²) in [7, 11) is 0. The fourth-order valence-corrected chi connectivity index (χ4v) is 9.09. The minimum absolute atomic E-state index is 0.460. The van der Waals surface area contributed by atoms with Gasteiger partial charge in [-0.25, -0.2) is 4.98 Å². The van der Waals surface area contributed by atoms with Crippen molar-refractivity contribution in [3.8, 4) is 10.6 Å². The zero-order chi connectivity index (χ0) is 22.4. The van der Waals surface area contributed by atoms with Crippen LogP contribution in [0.1, 0.15) is 50.0 Å². The van der Waals surface area contributed by atoms with Gasteiger partial charge in [-0.3, -0.25) is 0 Å². The average Bonchev–Trinajstić information content (AvgIpc) is 3.39. The standard InChI is InChI=1S/C26H29ClN4S2/c1-2-7-31-23(14-26-11-17-8-18(12-26)10-19(9-17)13-26)29-30-25(31)33-16-20-15-32-24(28-20)21-5-3-4-6-22(21)27/h2-6,15,17-19H,1,7-14,16H2. The smallest absolute Gasteiger partial charge is 0.191 e. The summed E-state index contributed by atoms with van der Waals surface area (Å²) in [4.78, 5) is 4.82. The van der Waals surface area contributed by atoms with E-state index >= 15 is 0 Å². The Hall–Kier alpha value is -1.63. The number of allylic oxidation sites excluding steroid dienone is 1. The molecule has 1 aromatic carbocycles. The Kier molecular flexibility index (Phi) is 5.87. The van der Waals surface area contributed by atoms with Crippen molar-refractivity contribution in [2.75, 3.05) is 0 Å². The van der Waals surface area contributed by atoms with Crippen LogP contribution in [0.15, 0.2) is 47.5 Å². The monoisotopic (exact) mass is 496 g/mol. The molecule has 0 saturated heterocycles. The third-order valence-corrected chi connectivity index (χ3v) is 10.1. The number of thioether (sulfide) groups is 1. The van der Waals surface area contributed by atoms with Crippen molar-refractivity contribution >= 4 is 34.7 Å². The molecule has 33 heavy (non-hydrogen) atoms. The molecule has 0 N–H and O–H groups in total. The Morgan fingerprint density at radius 1 is 1.12 bits per heavy atom.